The summed E-state index contributed by atoms with van der Waals surface area (Å²) >= 11 is 3.29. The van der Waals surface area contributed by atoms with E-state index in [1.54, 1.807) is 36.0 Å². The molecule has 0 radical (unpaired) electrons. The highest BCUT2D eigenvalue weighted by Crippen LogP contribution is 2.31. The van der Waals surface area contributed by atoms with Crippen LogP contribution < -0.4 is 15.4 Å². The number of methoxy groups -OCH3 is 1. The van der Waals surface area contributed by atoms with Crippen LogP contribution in [0.2, 0.25) is 0 Å². The van der Waals surface area contributed by atoms with Gasteiger partial charge in [0.25, 0.3) is 11.2 Å². The monoisotopic (exact) mass is 579 g/mol. The van der Waals surface area contributed by atoms with Gasteiger partial charge in [-0.3, -0.25) is 0 Å². The minimum Gasteiger partial charge on any atom is -0.473 e. The third-order valence-electron chi connectivity index (χ3n) is 5.52. The van der Waals surface area contributed by atoms with E-state index in [-0.39, 0.29) is 23.7 Å². The minimum absolute atomic E-state index is 0. The molecule has 0 unspecified atom stereocenters. The Morgan fingerprint density at radius 3 is 1.87 bits per heavy atom. The van der Waals surface area contributed by atoms with Gasteiger partial charge in [-0.1, -0.05) is 81.1 Å². The normalized spacial score (nSPS) is 13.5. The number of hydrogen-bond donors (Lipinski definition) is 2. The quantitative estimate of drug-likeness (QED) is 0.312. The van der Waals surface area contributed by atoms with Crippen molar-refractivity contribution in [3.05, 3.63) is 33.6 Å². The lowest BCUT2D eigenvalue weighted by Gasteiger charge is -2.16. The molecule has 3 aromatic rings. The van der Waals surface area contributed by atoms with E-state index in [4.69, 9.17) is 9.15 Å². The Labute approximate surface area is 245 Å². The van der Waals surface area contributed by atoms with Gasteiger partial charge in [-0.2, -0.15) is 4.98 Å². The Balaban J connectivity index is 0.000000291. The highest BCUT2D eigenvalue weighted by Gasteiger charge is 2.25. The van der Waals surface area contributed by atoms with Crippen molar-refractivity contribution in [2.45, 2.75) is 132 Å². The fourth-order valence-electron chi connectivity index (χ4n) is 3.18. The Hall–Kier alpha value is -2.13. The average Bonchev–Trinajstić information content (AvgIpc) is 3.16. The molecule has 0 atom stereocenters. The highest BCUT2D eigenvalue weighted by atomic mass is 32.1. The van der Waals surface area contributed by atoms with E-state index >= 15 is 0 Å². The number of hydrogen-bond acceptors (Lipinski definition) is 9. The molecule has 222 valence electrons. The molecule has 0 saturated heterocycles. The van der Waals surface area contributed by atoms with E-state index in [0.717, 1.165) is 21.7 Å². The van der Waals surface area contributed by atoms with Gasteiger partial charge in [-0.05, 0) is 33.6 Å². The number of rotatable bonds is 5. The summed E-state index contributed by atoms with van der Waals surface area (Å²) in [4.78, 5) is 14.6. The van der Waals surface area contributed by atoms with Crippen LogP contribution in [0.25, 0.3) is 0 Å². The standard InChI is InChI=1S/C11H20N2S.C10H16N2O.C8H13NOS.CH4/c1-7(2)12-10-13-9(8(3)14-10)11(4,5)6;1-10(2,3)8-6-13-9(12-8)11-7-4-5-7;1-8(2,3)6-5-11-7(9-6)10-4;/h7H,1-6H3,(H,12,13);6-7H,4-5H2,1-3H3,(H,11,12);5H,1-4H3;1H4. The van der Waals surface area contributed by atoms with Crippen molar-refractivity contribution < 1.29 is 9.15 Å². The molecule has 9 heteroatoms. The molecular formula is C30H53N5O2S2. The second-order valence-electron chi connectivity index (χ2n) is 13.1. The molecule has 0 aliphatic heterocycles. The third-order valence-corrected chi connectivity index (χ3v) is 7.23. The first-order valence-electron chi connectivity index (χ1n) is 13.4. The van der Waals surface area contributed by atoms with Gasteiger partial charge in [-0.15, -0.1) is 11.3 Å². The summed E-state index contributed by atoms with van der Waals surface area (Å²) in [6, 6.07) is 1.73. The maximum atomic E-state index is 5.32. The van der Waals surface area contributed by atoms with Crippen LogP contribution in [0.4, 0.5) is 11.1 Å². The number of anilines is 2. The number of thiazole rings is 2. The number of nitrogens with zero attached hydrogens (tertiary/aromatic N) is 3. The molecule has 0 spiro atoms. The molecule has 3 aromatic heterocycles. The lowest BCUT2D eigenvalue weighted by molar-refractivity contribution is 0.407. The van der Waals surface area contributed by atoms with Crippen molar-refractivity contribution in [1.29, 1.82) is 0 Å². The summed E-state index contributed by atoms with van der Waals surface area (Å²) in [5, 5.41) is 10.4. The first kappa shape index (κ1) is 34.9. The molecule has 0 bridgehead atoms. The molecule has 4 rings (SSSR count). The molecule has 7 nitrogen and oxygen atoms in total. The summed E-state index contributed by atoms with van der Waals surface area (Å²) in [7, 11) is 1.64. The Kier molecular flexibility index (Phi) is 12.5. The SMILES string of the molecule is C.CC(C)(C)c1coc(NC2CC2)n1.COc1nc(C(C)(C)C)cs1.Cc1sc(NC(C)C)nc1C(C)(C)C. The van der Waals surface area contributed by atoms with Crippen molar-refractivity contribution in [2.75, 3.05) is 17.7 Å². The lowest BCUT2D eigenvalue weighted by atomic mass is 9.92. The zero-order valence-corrected chi connectivity index (χ0v) is 27.3. The third kappa shape index (κ3) is 11.9. The summed E-state index contributed by atoms with van der Waals surface area (Å²) in [5.74, 6) is 0. The van der Waals surface area contributed by atoms with E-state index in [2.05, 4.69) is 109 Å². The van der Waals surface area contributed by atoms with E-state index in [9.17, 15) is 0 Å². The number of oxazole rings is 1. The first-order chi connectivity index (χ1) is 17.4. The molecule has 1 aliphatic carbocycles. The van der Waals surface area contributed by atoms with Crippen LogP contribution in [0.3, 0.4) is 0 Å². The van der Waals surface area contributed by atoms with Crippen LogP contribution in [0, 0.1) is 6.92 Å². The molecule has 39 heavy (non-hydrogen) atoms. The zero-order valence-electron chi connectivity index (χ0n) is 25.7. The van der Waals surface area contributed by atoms with E-state index in [0.29, 0.717) is 18.1 Å². The molecule has 0 aromatic carbocycles. The number of nitrogens with one attached hydrogen (secondary N) is 2. The summed E-state index contributed by atoms with van der Waals surface area (Å²) in [6.45, 7) is 25.8. The Morgan fingerprint density at radius 2 is 1.51 bits per heavy atom. The van der Waals surface area contributed by atoms with Gasteiger partial charge >= 0.3 is 0 Å². The van der Waals surface area contributed by atoms with Gasteiger partial charge in [0.2, 0.25) is 0 Å². The molecule has 1 saturated carbocycles. The number of ether oxygens (including phenoxy) is 1. The summed E-state index contributed by atoms with van der Waals surface area (Å²) < 4.78 is 10.3. The van der Waals surface area contributed by atoms with Gasteiger partial charge in [0, 0.05) is 38.6 Å². The topological polar surface area (TPSA) is 85.1 Å². The number of aryl methyl sites for hydroxylation is 1. The van der Waals surface area contributed by atoms with Gasteiger partial charge in [0.1, 0.15) is 6.26 Å². The van der Waals surface area contributed by atoms with E-state index in [1.807, 2.05) is 5.38 Å². The fourth-order valence-corrected chi connectivity index (χ4v) is 5.22. The van der Waals surface area contributed by atoms with Gasteiger partial charge in [0.15, 0.2) is 5.13 Å². The predicted octanol–water partition coefficient (Wildman–Crippen LogP) is 9.20. The second-order valence-corrected chi connectivity index (χ2v) is 15.2. The van der Waals surface area contributed by atoms with E-state index in [1.165, 1.54) is 23.4 Å². The first-order valence-corrected chi connectivity index (χ1v) is 15.1. The van der Waals surface area contributed by atoms with Crippen LogP contribution in [0.15, 0.2) is 16.1 Å². The van der Waals surface area contributed by atoms with Crippen LogP contribution in [0.5, 0.6) is 5.19 Å². The Bertz CT molecular complexity index is 1120. The van der Waals surface area contributed by atoms with Crippen molar-refractivity contribution >= 4 is 33.8 Å². The average molecular weight is 580 g/mol. The van der Waals surface area contributed by atoms with Crippen molar-refractivity contribution in [3.63, 3.8) is 0 Å². The molecule has 0 amide bonds. The molecule has 3 heterocycles. The lowest BCUT2D eigenvalue weighted by Crippen LogP contribution is -2.14. The molecule has 2 N–H and O–H groups in total. The van der Waals surface area contributed by atoms with Gasteiger partial charge in [0.05, 0.1) is 24.2 Å². The zero-order chi connectivity index (χ0) is 28.9. The number of aromatic nitrogens is 3. The second kappa shape index (κ2) is 14.0. The Morgan fingerprint density at radius 1 is 0.923 bits per heavy atom. The summed E-state index contributed by atoms with van der Waals surface area (Å²) in [6.07, 6.45) is 4.23. The highest BCUT2D eigenvalue weighted by molar-refractivity contribution is 7.15. The van der Waals surface area contributed by atoms with Gasteiger partial charge < -0.3 is 19.8 Å². The van der Waals surface area contributed by atoms with Crippen LogP contribution >= 0.6 is 22.7 Å². The van der Waals surface area contributed by atoms with Crippen LogP contribution in [-0.2, 0) is 16.2 Å². The predicted molar refractivity (Wildman–Crippen MR) is 170 cm³/mol. The maximum absolute atomic E-state index is 5.32. The van der Waals surface area contributed by atoms with Crippen LogP contribution in [-0.4, -0.2) is 34.1 Å². The smallest absolute Gasteiger partial charge is 0.294 e. The van der Waals surface area contributed by atoms with Gasteiger partial charge in [-0.25, -0.2) is 9.97 Å². The van der Waals surface area contributed by atoms with E-state index < -0.39 is 0 Å². The molecular weight excluding hydrogens is 526 g/mol. The largest absolute Gasteiger partial charge is 0.473 e. The van der Waals surface area contributed by atoms with Crippen molar-refractivity contribution in [1.82, 2.24) is 15.0 Å². The maximum Gasteiger partial charge on any atom is 0.294 e. The summed E-state index contributed by atoms with van der Waals surface area (Å²) in [5.41, 5.74) is 3.68. The van der Waals surface area contributed by atoms with Crippen LogP contribution in [0.1, 0.15) is 118 Å². The molecule has 1 fully saturated rings. The molecule has 1 aliphatic rings. The fraction of sp³-hybridized carbons (Fsp3) is 0.700. The van der Waals surface area contributed by atoms with Crippen molar-refractivity contribution in [2.24, 2.45) is 0 Å². The minimum atomic E-state index is 0. The van der Waals surface area contributed by atoms with Crippen molar-refractivity contribution in [3.8, 4) is 5.19 Å².